The molecule has 0 atom stereocenters. The minimum Gasteiger partial charge on any atom is -0.478 e. The van der Waals surface area contributed by atoms with Crippen LogP contribution in [0.3, 0.4) is 0 Å². The zero-order valence-electron chi connectivity index (χ0n) is 11.5. The van der Waals surface area contributed by atoms with E-state index in [9.17, 15) is 18.4 Å². The average Bonchev–Trinajstić information content (AvgIpc) is 2.56. The molecule has 114 valence electrons. The highest BCUT2D eigenvalue weighted by Crippen LogP contribution is 2.19. The minimum atomic E-state index is -1.17. The van der Waals surface area contributed by atoms with E-state index >= 15 is 0 Å². The van der Waals surface area contributed by atoms with Crippen molar-refractivity contribution < 1.29 is 23.5 Å². The van der Waals surface area contributed by atoms with E-state index in [0.29, 0.717) is 11.8 Å². The summed E-state index contributed by atoms with van der Waals surface area (Å²) in [6.45, 7) is 13.0. The van der Waals surface area contributed by atoms with Crippen molar-refractivity contribution in [3.8, 4) is 0 Å². The molecular formula is C16H8F2N2O3. The maximum atomic E-state index is 12.6. The smallest absolute Gasteiger partial charge is 0.334 e. The highest BCUT2D eigenvalue weighted by atomic mass is 19.1. The molecule has 7 heteroatoms. The lowest BCUT2D eigenvalue weighted by atomic mass is 10.2. The van der Waals surface area contributed by atoms with Gasteiger partial charge in [0.25, 0.3) is 0 Å². The third kappa shape index (κ3) is 4.73. The molecule has 0 heterocycles. The highest BCUT2D eigenvalue weighted by molar-refractivity contribution is 5.88. The number of aromatic carboxylic acids is 1. The van der Waals surface area contributed by atoms with Gasteiger partial charge in [-0.1, -0.05) is 6.07 Å². The largest absolute Gasteiger partial charge is 0.478 e. The number of carboxylic acids is 1. The summed E-state index contributed by atoms with van der Waals surface area (Å²) in [4.78, 5) is 26.2. The molecule has 0 aliphatic rings. The van der Waals surface area contributed by atoms with Gasteiger partial charge in [0.15, 0.2) is 0 Å². The molecule has 2 aromatic carbocycles. The minimum absolute atomic E-state index is 0.0811. The summed E-state index contributed by atoms with van der Waals surface area (Å²) in [6.07, 6.45) is 0.577. The number of halogens is 2. The summed E-state index contributed by atoms with van der Waals surface area (Å²) >= 11 is 0. The maximum absolute atomic E-state index is 12.6. The van der Waals surface area contributed by atoms with Crippen LogP contribution in [0.4, 0.5) is 20.2 Å². The lowest BCUT2D eigenvalue weighted by Crippen LogP contribution is -1.95. The summed E-state index contributed by atoms with van der Waals surface area (Å²) < 4.78 is 25.2. The van der Waals surface area contributed by atoms with E-state index in [-0.39, 0.29) is 16.9 Å². The van der Waals surface area contributed by atoms with Crippen LogP contribution in [0.25, 0.3) is 9.69 Å². The summed E-state index contributed by atoms with van der Waals surface area (Å²) in [6, 6.07) is 6.75. The van der Waals surface area contributed by atoms with Crippen molar-refractivity contribution >= 4 is 23.6 Å². The summed E-state index contributed by atoms with van der Waals surface area (Å²) in [5.74, 6) is -2.46. The van der Waals surface area contributed by atoms with Crippen LogP contribution in [0.15, 0.2) is 36.4 Å². The molecule has 5 nitrogen and oxygen atoms in total. The van der Waals surface area contributed by atoms with Crippen LogP contribution >= 0.6 is 0 Å². The normalized spacial score (nSPS) is 8.87. The molecule has 0 spiro atoms. The lowest BCUT2D eigenvalue weighted by molar-refractivity contribution is 0.0696. The summed E-state index contributed by atoms with van der Waals surface area (Å²) in [7, 11) is 0. The fourth-order valence-corrected chi connectivity index (χ4v) is 1.42. The van der Waals surface area contributed by atoms with Crippen molar-refractivity contribution in [1.29, 1.82) is 0 Å². The van der Waals surface area contributed by atoms with E-state index in [1.807, 2.05) is 0 Å². The van der Waals surface area contributed by atoms with Gasteiger partial charge in [0, 0.05) is 11.1 Å². The first kappa shape index (κ1) is 17.5. The molecule has 0 aliphatic heterocycles. The van der Waals surface area contributed by atoms with Crippen molar-refractivity contribution in [3.05, 3.63) is 82.0 Å². The van der Waals surface area contributed by atoms with Crippen LogP contribution in [-0.2, 0) is 0 Å². The molecule has 2 aromatic rings. The number of benzene rings is 2. The van der Waals surface area contributed by atoms with E-state index < -0.39 is 17.6 Å². The number of rotatable bonds is 2. The second-order valence-electron chi connectivity index (χ2n) is 4.02. The van der Waals surface area contributed by atoms with E-state index in [2.05, 4.69) is 9.69 Å². The Hall–Kier alpha value is -3.58. The Balaban J connectivity index is 0.000000231. The Labute approximate surface area is 130 Å². The van der Waals surface area contributed by atoms with E-state index in [0.717, 1.165) is 24.3 Å². The zero-order chi connectivity index (χ0) is 17.4. The molecule has 0 unspecified atom stereocenters. The third-order valence-corrected chi connectivity index (χ3v) is 2.54. The summed E-state index contributed by atoms with van der Waals surface area (Å²) in [5.41, 5.74) is -0.149. The number of carbonyl (C=O) groups excluding carboxylic acids is 1. The predicted molar refractivity (Wildman–Crippen MR) is 77.7 cm³/mol. The zero-order valence-corrected chi connectivity index (χ0v) is 11.5. The Kier molecular flexibility index (Phi) is 6.08. The average molecular weight is 314 g/mol. The first-order valence-electron chi connectivity index (χ1n) is 5.95. The first-order valence-corrected chi connectivity index (χ1v) is 5.95. The molecule has 0 aliphatic carbocycles. The molecule has 0 saturated heterocycles. The standard InChI is InChI=1S/C8H4FNO2.C8H4FNO/c1-10-7-4-5(8(11)12)2-3-6(7)9;1-10-8-4-6(5-11)2-3-7(8)9/h2-4H,(H,11,12);2-5H. The van der Waals surface area contributed by atoms with Crippen LogP contribution in [0.2, 0.25) is 0 Å². The van der Waals surface area contributed by atoms with Crippen molar-refractivity contribution in [3.63, 3.8) is 0 Å². The second kappa shape index (κ2) is 8.01. The highest BCUT2D eigenvalue weighted by Gasteiger charge is 2.07. The topological polar surface area (TPSA) is 63.1 Å². The first-order chi connectivity index (χ1) is 10.9. The number of nitrogens with zero attached hydrogens (tertiary/aromatic N) is 2. The van der Waals surface area contributed by atoms with Gasteiger partial charge in [0.05, 0.1) is 13.1 Å². The number of aldehydes is 1. The van der Waals surface area contributed by atoms with Crippen molar-refractivity contribution in [2.45, 2.75) is 0 Å². The molecule has 2 rings (SSSR count). The van der Waals surface area contributed by atoms with Crippen molar-refractivity contribution in [1.82, 2.24) is 0 Å². The third-order valence-electron chi connectivity index (χ3n) is 2.54. The quantitative estimate of drug-likeness (QED) is 0.665. The molecule has 0 fully saturated rings. The van der Waals surface area contributed by atoms with Crippen LogP contribution < -0.4 is 0 Å². The van der Waals surface area contributed by atoms with Gasteiger partial charge in [-0.3, -0.25) is 4.79 Å². The van der Waals surface area contributed by atoms with Gasteiger partial charge in [-0.25, -0.2) is 23.3 Å². The van der Waals surface area contributed by atoms with Gasteiger partial charge in [0.1, 0.15) is 17.9 Å². The monoisotopic (exact) mass is 314 g/mol. The Bertz CT molecular complexity index is 836. The van der Waals surface area contributed by atoms with Crippen LogP contribution in [0.1, 0.15) is 20.7 Å². The lowest BCUT2D eigenvalue weighted by Gasteiger charge is -1.95. The fourth-order valence-electron chi connectivity index (χ4n) is 1.42. The molecule has 0 saturated carbocycles. The number of carbonyl (C=O) groups is 2. The molecular weight excluding hydrogens is 306 g/mol. The van der Waals surface area contributed by atoms with Crippen molar-refractivity contribution in [2.75, 3.05) is 0 Å². The van der Waals surface area contributed by atoms with Gasteiger partial charge in [0.2, 0.25) is 11.4 Å². The molecule has 0 aromatic heterocycles. The molecule has 0 radical (unpaired) electrons. The number of hydrogen-bond acceptors (Lipinski definition) is 2. The Morgan fingerprint density at radius 1 is 1.00 bits per heavy atom. The number of carboxylic acid groups (broad SMARTS) is 1. The van der Waals surface area contributed by atoms with E-state index in [1.165, 1.54) is 12.1 Å². The van der Waals surface area contributed by atoms with Crippen LogP contribution in [0, 0.1) is 24.8 Å². The summed E-state index contributed by atoms with van der Waals surface area (Å²) in [5, 5.41) is 8.47. The van der Waals surface area contributed by atoms with E-state index in [4.69, 9.17) is 18.3 Å². The predicted octanol–water partition coefficient (Wildman–Crippen LogP) is 4.26. The molecule has 23 heavy (non-hydrogen) atoms. The maximum Gasteiger partial charge on any atom is 0.334 e. The SMILES string of the molecule is [C-]#[N+]c1cc(C(=O)O)ccc1F.[C-]#[N+]c1cc(C=O)ccc1F. The molecule has 0 amide bonds. The second-order valence-corrected chi connectivity index (χ2v) is 4.02. The molecule has 1 N–H and O–H groups in total. The molecule has 0 bridgehead atoms. The van der Waals surface area contributed by atoms with Gasteiger partial charge in [-0.2, -0.15) is 0 Å². The van der Waals surface area contributed by atoms with Gasteiger partial charge in [-0.05, 0) is 30.3 Å². The van der Waals surface area contributed by atoms with E-state index in [1.54, 1.807) is 0 Å². The van der Waals surface area contributed by atoms with Crippen LogP contribution in [-0.4, -0.2) is 17.4 Å². The fraction of sp³-hybridized carbons (Fsp3) is 0. The van der Waals surface area contributed by atoms with Gasteiger partial charge >= 0.3 is 5.97 Å². The van der Waals surface area contributed by atoms with Gasteiger partial charge < -0.3 is 5.11 Å². The van der Waals surface area contributed by atoms with Crippen LogP contribution in [0.5, 0.6) is 0 Å². The Morgan fingerprint density at radius 3 is 2.00 bits per heavy atom. The number of hydrogen-bond donors (Lipinski definition) is 1. The van der Waals surface area contributed by atoms with Gasteiger partial charge in [-0.15, -0.1) is 0 Å². The Morgan fingerprint density at radius 2 is 1.52 bits per heavy atom. The van der Waals surface area contributed by atoms with Crippen molar-refractivity contribution in [2.24, 2.45) is 0 Å².